The van der Waals surface area contributed by atoms with Crippen LogP contribution in [-0.4, -0.2) is 23.0 Å². The van der Waals surface area contributed by atoms with Gasteiger partial charge in [-0.3, -0.25) is 9.59 Å². The van der Waals surface area contributed by atoms with E-state index in [1.807, 2.05) is 6.07 Å². The SMILES string of the molecule is O=C(CCc1ccco1)NC1C2CCC(C2)C1C(=O)O. The summed E-state index contributed by atoms with van der Waals surface area (Å²) < 4.78 is 5.19. The smallest absolute Gasteiger partial charge is 0.308 e. The number of nitrogens with one attached hydrogen (secondary N) is 1. The minimum atomic E-state index is -0.770. The first-order valence-electron chi connectivity index (χ1n) is 7.19. The Bertz CT molecular complexity index is 496. The van der Waals surface area contributed by atoms with Crippen LogP contribution in [0.5, 0.6) is 0 Å². The summed E-state index contributed by atoms with van der Waals surface area (Å²) >= 11 is 0. The first kappa shape index (κ1) is 13.2. The Hall–Kier alpha value is -1.78. The highest BCUT2D eigenvalue weighted by Gasteiger charge is 2.51. The van der Waals surface area contributed by atoms with E-state index in [9.17, 15) is 14.7 Å². The Morgan fingerprint density at radius 1 is 1.35 bits per heavy atom. The maximum atomic E-state index is 12.0. The van der Waals surface area contributed by atoms with Gasteiger partial charge in [-0.2, -0.15) is 0 Å². The van der Waals surface area contributed by atoms with Gasteiger partial charge in [-0.15, -0.1) is 0 Å². The molecule has 4 unspecified atom stereocenters. The van der Waals surface area contributed by atoms with Crippen LogP contribution < -0.4 is 5.32 Å². The molecule has 2 N–H and O–H groups in total. The van der Waals surface area contributed by atoms with E-state index in [1.54, 1.807) is 12.3 Å². The molecule has 0 saturated heterocycles. The molecule has 2 fully saturated rings. The molecule has 4 atom stereocenters. The van der Waals surface area contributed by atoms with Crippen LogP contribution in [0.4, 0.5) is 0 Å². The van der Waals surface area contributed by atoms with Crippen molar-refractivity contribution in [1.29, 1.82) is 0 Å². The van der Waals surface area contributed by atoms with E-state index < -0.39 is 11.9 Å². The lowest BCUT2D eigenvalue weighted by Crippen LogP contribution is -2.46. The highest BCUT2D eigenvalue weighted by Crippen LogP contribution is 2.48. The normalized spacial score (nSPS) is 31.4. The number of aliphatic carboxylic acids is 1. The zero-order valence-corrected chi connectivity index (χ0v) is 11.2. The highest BCUT2D eigenvalue weighted by atomic mass is 16.4. The fraction of sp³-hybridized carbons (Fsp3) is 0.600. The Labute approximate surface area is 117 Å². The number of amides is 1. The predicted molar refractivity (Wildman–Crippen MR) is 70.9 cm³/mol. The molecule has 0 aromatic carbocycles. The average Bonchev–Trinajstić information content (AvgIpc) is 3.12. The third-order valence-corrected chi connectivity index (χ3v) is 4.71. The van der Waals surface area contributed by atoms with Crippen molar-refractivity contribution in [2.75, 3.05) is 0 Å². The lowest BCUT2D eigenvalue weighted by Gasteiger charge is -2.28. The van der Waals surface area contributed by atoms with Gasteiger partial charge in [-0.05, 0) is 43.2 Å². The summed E-state index contributed by atoms with van der Waals surface area (Å²) in [7, 11) is 0. The minimum Gasteiger partial charge on any atom is -0.481 e. The lowest BCUT2D eigenvalue weighted by molar-refractivity contribution is -0.144. The molecule has 1 aromatic rings. The summed E-state index contributed by atoms with van der Waals surface area (Å²) in [5.74, 6) is 0.115. The Balaban J connectivity index is 1.56. The summed E-state index contributed by atoms with van der Waals surface area (Å²) in [6, 6.07) is 3.45. The van der Waals surface area contributed by atoms with Crippen molar-refractivity contribution in [3.8, 4) is 0 Å². The number of fused-ring (bicyclic) bond motifs is 2. The quantitative estimate of drug-likeness (QED) is 0.860. The van der Waals surface area contributed by atoms with Crippen molar-refractivity contribution in [2.24, 2.45) is 17.8 Å². The molecule has 5 heteroatoms. The van der Waals surface area contributed by atoms with Crippen molar-refractivity contribution in [1.82, 2.24) is 5.32 Å². The Morgan fingerprint density at radius 3 is 2.85 bits per heavy atom. The second-order valence-electron chi connectivity index (χ2n) is 5.87. The molecule has 0 spiro atoms. The molecule has 2 aliphatic rings. The van der Waals surface area contributed by atoms with E-state index in [-0.39, 0.29) is 17.9 Å². The fourth-order valence-electron chi connectivity index (χ4n) is 3.80. The van der Waals surface area contributed by atoms with Crippen LogP contribution in [0.3, 0.4) is 0 Å². The predicted octanol–water partition coefficient (Wildman–Crippen LogP) is 1.83. The van der Waals surface area contributed by atoms with Gasteiger partial charge >= 0.3 is 5.97 Å². The van der Waals surface area contributed by atoms with Gasteiger partial charge in [0.05, 0.1) is 12.2 Å². The number of furan rings is 1. The summed E-state index contributed by atoms with van der Waals surface area (Å²) in [6.45, 7) is 0. The van der Waals surface area contributed by atoms with Gasteiger partial charge in [-0.1, -0.05) is 0 Å². The van der Waals surface area contributed by atoms with Crippen molar-refractivity contribution in [3.63, 3.8) is 0 Å². The van der Waals surface area contributed by atoms with E-state index >= 15 is 0 Å². The molecular weight excluding hydrogens is 258 g/mol. The monoisotopic (exact) mass is 277 g/mol. The van der Waals surface area contributed by atoms with E-state index in [2.05, 4.69) is 5.32 Å². The number of carbonyl (C=O) groups excluding carboxylic acids is 1. The van der Waals surface area contributed by atoms with Crippen LogP contribution in [-0.2, 0) is 16.0 Å². The van der Waals surface area contributed by atoms with Crippen molar-refractivity contribution in [2.45, 2.75) is 38.1 Å². The largest absolute Gasteiger partial charge is 0.481 e. The minimum absolute atomic E-state index is 0.0785. The molecule has 2 aliphatic carbocycles. The molecule has 0 radical (unpaired) electrons. The number of hydrogen-bond donors (Lipinski definition) is 2. The van der Waals surface area contributed by atoms with E-state index in [4.69, 9.17) is 4.42 Å². The number of rotatable bonds is 5. The van der Waals surface area contributed by atoms with Crippen LogP contribution in [0, 0.1) is 17.8 Å². The topological polar surface area (TPSA) is 79.5 Å². The number of aryl methyl sites for hydroxylation is 1. The van der Waals surface area contributed by atoms with E-state index in [0.29, 0.717) is 18.8 Å². The molecule has 20 heavy (non-hydrogen) atoms. The molecule has 5 nitrogen and oxygen atoms in total. The molecule has 1 amide bonds. The van der Waals surface area contributed by atoms with Gasteiger partial charge in [0.25, 0.3) is 0 Å². The van der Waals surface area contributed by atoms with E-state index in [1.165, 1.54) is 0 Å². The molecule has 108 valence electrons. The second-order valence-corrected chi connectivity index (χ2v) is 5.87. The summed E-state index contributed by atoms with van der Waals surface area (Å²) in [6.07, 6.45) is 5.45. The van der Waals surface area contributed by atoms with Gasteiger partial charge in [-0.25, -0.2) is 0 Å². The van der Waals surface area contributed by atoms with Crippen LogP contribution in [0.25, 0.3) is 0 Å². The molecule has 0 aliphatic heterocycles. The first-order chi connectivity index (χ1) is 9.65. The average molecular weight is 277 g/mol. The third kappa shape index (κ3) is 2.44. The van der Waals surface area contributed by atoms with Crippen molar-refractivity contribution in [3.05, 3.63) is 24.2 Å². The first-order valence-corrected chi connectivity index (χ1v) is 7.19. The highest BCUT2D eigenvalue weighted by molar-refractivity contribution is 5.79. The van der Waals surface area contributed by atoms with Crippen molar-refractivity contribution >= 4 is 11.9 Å². The van der Waals surface area contributed by atoms with Gasteiger partial charge < -0.3 is 14.8 Å². The number of hydrogen-bond acceptors (Lipinski definition) is 3. The number of carboxylic acids is 1. The fourth-order valence-corrected chi connectivity index (χ4v) is 3.80. The Morgan fingerprint density at radius 2 is 2.15 bits per heavy atom. The summed E-state index contributed by atoms with van der Waals surface area (Å²) in [5, 5.41) is 12.3. The van der Waals surface area contributed by atoms with Crippen LogP contribution in [0.2, 0.25) is 0 Å². The molecule has 2 saturated carbocycles. The summed E-state index contributed by atoms with van der Waals surface area (Å²) in [5.41, 5.74) is 0. The second kappa shape index (κ2) is 5.31. The number of carbonyl (C=O) groups is 2. The van der Waals surface area contributed by atoms with Gasteiger partial charge in [0, 0.05) is 18.9 Å². The van der Waals surface area contributed by atoms with Gasteiger partial charge in [0.1, 0.15) is 5.76 Å². The molecule has 1 aromatic heterocycles. The third-order valence-electron chi connectivity index (χ3n) is 4.71. The summed E-state index contributed by atoms with van der Waals surface area (Å²) in [4.78, 5) is 23.4. The molecular formula is C15H19NO4. The molecule has 3 rings (SSSR count). The van der Waals surface area contributed by atoms with Gasteiger partial charge in [0.2, 0.25) is 5.91 Å². The molecule has 2 bridgehead atoms. The standard InChI is InChI=1S/C15H19NO4/c17-12(6-5-11-2-1-7-20-11)16-14-10-4-3-9(8-10)13(14)15(18)19/h1-2,7,9-10,13-14H,3-6,8H2,(H,16,17)(H,18,19). The zero-order valence-electron chi connectivity index (χ0n) is 11.2. The lowest BCUT2D eigenvalue weighted by atomic mass is 9.84. The maximum absolute atomic E-state index is 12.0. The zero-order chi connectivity index (χ0) is 14.1. The van der Waals surface area contributed by atoms with Crippen LogP contribution in [0.1, 0.15) is 31.4 Å². The maximum Gasteiger partial charge on any atom is 0.308 e. The Kier molecular flexibility index (Phi) is 3.51. The van der Waals surface area contributed by atoms with Crippen LogP contribution in [0.15, 0.2) is 22.8 Å². The van der Waals surface area contributed by atoms with Gasteiger partial charge in [0.15, 0.2) is 0 Å². The van der Waals surface area contributed by atoms with E-state index in [0.717, 1.165) is 25.0 Å². The number of carboxylic acid groups (broad SMARTS) is 1. The molecule has 1 heterocycles. The van der Waals surface area contributed by atoms with Crippen LogP contribution >= 0.6 is 0 Å². The van der Waals surface area contributed by atoms with Crippen molar-refractivity contribution < 1.29 is 19.1 Å².